The summed E-state index contributed by atoms with van der Waals surface area (Å²) in [5.41, 5.74) is -0.528. The average Bonchev–Trinajstić information content (AvgIpc) is 2.37. The maximum atomic E-state index is 13.7. The van der Waals surface area contributed by atoms with Crippen molar-refractivity contribution in [1.82, 2.24) is 4.31 Å². The Kier molecular flexibility index (Phi) is 4.29. The number of benzene rings is 1. The van der Waals surface area contributed by atoms with Crippen molar-refractivity contribution in [3.05, 3.63) is 41.2 Å². The van der Waals surface area contributed by atoms with Gasteiger partial charge in [-0.05, 0) is 31.0 Å². The zero-order chi connectivity index (χ0) is 15.6. The Morgan fingerprint density at radius 1 is 1.38 bits per heavy atom. The zero-order valence-corrected chi connectivity index (χ0v) is 12.2. The third-order valence-corrected chi connectivity index (χ3v) is 4.54. The second kappa shape index (κ2) is 5.82. The molecule has 0 radical (unpaired) electrons. The number of carbonyl (C=O) groups is 1. The van der Waals surface area contributed by atoms with Crippen molar-refractivity contribution in [2.75, 3.05) is 17.8 Å². The number of nitrogens with one attached hydrogen (secondary N) is 1. The Balaban J connectivity index is 2.38. The van der Waals surface area contributed by atoms with Gasteiger partial charge < -0.3 is 5.11 Å². The topological polar surface area (TPSA) is 86.7 Å². The molecule has 2 rings (SSSR count). The first-order valence-electron chi connectivity index (χ1n) is 6.27. The van der Waals surface area contributed by atoms with Gasteiger partial charge in [-0.1, -0.05) is 12.2 Å². The van der Waals surface area contributed by atoms with Crippen molar-refractivity contribution in [1.29, 1.82) is 0 Å². The van der Waals surface area contributed by atoms with E-state index < -0.39 is 27.6 Å². The van der Waals surface area contributed by atoms with E-state index in [1.807, 2.05) is 6.08 Å². The number of anilines is 1. The molecular formula is C13H15FN2O4S. The minimum atomic E-state index is -3.92. The monoisotopic (exact) mass is 314 g/mol. The van der Waals surface area contributed by atoms with E-state index in [0.717, 1.165) is 6.07 Å². The molecule has 1 aromatic rings. The number of rotatable bonds is 4. The SMILES string of the molecule is Cc1cc(F)c(C(=O)O)c(NS(=O)(=O)N2CC=CCC2)c1. The Morgan fingerprint density at radius 3 is 2.67 bits per heavy atom. The van der Waals surface area contributed by atoms with Crippen molar-refractivity contribution >= 4 is 21.9 Å². The summed E-state index contributed by atoms with van der Waals surface area (Å²) in [4.78, 5) is 11.1. The predicted octanol–water partition coefficient (Wildman–Crippen LogP) is 1.75. The molecule has 0 unspecified atom stereocenters. The highest BCUT2D eigenvalue weighted by molar-refractivity contribution is 7.90. The fourth-order valence-corrected chi connectivity index (χ4v) is 3.28. The first-order chi connectivity index (χ1) is 9.81. The van der Waals surface area contributed by atoms with Crippen LogP contribution in [-0.2, 0) is 10.2 Å². The molecule has 114 valence electrons. The summed E-state index contributed by atoms with van der Waals surface area (Å²) in [5, 5.41) is 9.04. The first kappa shape index (κ1) is 15.5. The van der Waals surface area contributed by atoms with Gasteiger partial charge in [0.15, 0.2) is 0 Å². The van der Waals surface area contributed by atoms with Crippen LogP contribution in [0.1, 0.15) is 22.3 Å². The van der Waals surface area contributed by atoms with Gasteiger partial charge in [0, 0.05) is 13.1 Å². The van der Waals surface area contributed by atoms with E-state index in [2.05, 4.69) is 4.72 Å². The lowest BCUT2D eigenvalue weighted by Crippen LogP contribution is -2.38. The van der Waals surface area contributed by atoms with E-state index >= 15 is 0 Å². The second-order valence-electron chi connectivity index (χ2n) is 4.70. The van der Waals surface area contributed by atoms with Gasteiger partial charge in [0.05, 0.1) is 5.69 Å². The Labute approximate surface area is 122 Å². The van der Waals surface area contributed by atoms with Crippen LogP contribution in [0.25, 0.3) is 0 Å². The molecular weight excluding hydrogens is 299 g/mol. The van der Waals surface area contributed by atoms with Crippen molar-refractivity contribution in [2.24, 2.45) is 0 Å². The van der Waals surface area contributed by atoms with Crippen molar-refractivity contribution < 1.29 is 22.7 Å². The predicted molar refractivity (Wildman–Crippen MR) is 76.0 cm³/mol. The number of hydrogen-bond donors (Lipinski definition) is 2. The van der Waals surface area contributed by atoms with Gasteiger partial charge in [-0.15, -0.1) is 0 Å². The van der Waals surface area contributed by atoms with Gasteiger partial charge in [-0.2, -0.15) is 12.7 Å². The lowest BCUT2D eigenvalue weighted by Gasteiger charge is -2.24. The summed E-state index contributed by atoms with van der Waals surface area (Å²) in [6.45, 7) is 2.05. The van der Waals surface area contributed by atoms with Gasteiger partial charge in [-0.3, -0.25) is 4.72 Å². The molecule has 2 N–H and O–H groups in total. The molecule has 1 aromatic carbocycles. The molecule has 0 aliphatic carbocycles. The van der Waals surface area contributed by atoms with Crippen molar-refractivity contribution in [3.8, 4) is 0 Å². The first-order valence-corrected chi connectivity index (χ1v) is 7.71. The van der Waals surface area contributed by atoms with E-state index in [-0.39, 0.29) is 12.2 Å². The zero-order valence-electron chi connectivity index (χ0n) is 11.3. The van der Waals surface area contributed by atoms with Gasteiger partial charge in [-0.25, -0.2) is 9.18 Å². The van der Waals surface area contributed by atoms with Crippen molar-refractivity contribution in [2.45, 2.75) is 13.3 Å². The van der Waals surface area contributed by atoms with Crippen LogP contribution in [0, 0.1) is 12.7 Å². The molecule has 0 fully saturated rings. The van der Waals surface area contributed by atoms with Gasteiger partial charge >= 0.3 is 16.2 Å². The lowest BCUT2D eigenvalue weighted by atomic mass is 10.1. The van der Waals surface area contributed by atoms with Crippen LogP contribution >= 0.6 is 0 Å². The van der Waals surface area contributed by atoms with Crippen molar-refractivity contribution in [3.63, 3.8) is 0 Å². The third-order valence-electron chi connectivity index (χ3n) is 3.05. The largest absolute Gasteiger partial charge is 0.478 e. The van der Waals surface area contributed by atoms with Crippen LogP contribution in [0.15, 0.2) is 24.3 Å². The van der Waals surface area contributed by atoms with Gasteiger partial charge in [0.2, 0.25) is 0 Å². The molecule has 1 aliphatic heterocycles. The minimum absolute atomic E-state index is 0.200. The van der Waals surface area contributed by atoms with E-state index in [1.54, 1.807) is 13.0 Å². The molecule has 0 bridgehead atoms. The van der Waals surface area contributed by atoms with Crippen LogP contribution in [0.5, 0.6) is 0 Å². The van der Waals surface area contributed by atoms with Crippen LogP contribution in [0.3, 0.4) is 0 Å². The number of nitrogens with zero attached hydrogens (tertiary/aromatic N) is 1. The summed E-state index contributed by atoms with van der Waals surface area (Å²) in [7, 11) is -3.92. The lowest BCUT2D eigenvalue weighted by molar-refractivity contribution is 0.0693. The summed E-state index contributed by atoms with van der Waals surface area (Å²) in [5.74, 6) is -2.50. The Morgan fingerprint density at radius 2 is 2.10 bits per heavy atom. The number of halogens is 1. The van der Waals surface area contributed by atoms with Gasteiger partial charge in [0.25, 0.3) is 0 Å². The molecule has 8 heteroatoms. The van der Waals surface area contributed by atoms with Crippen LogP contribution in [-0.4, -0.2) is 36.9 Å². The maximum absolute atomic E-state index is 13.7. The molecule has 0 spiro atoms. The summed E-state index contributed by atoms with van der Waals surface area (Å²) in [6.07, 6.45) is 4.15. The van der Waals surface area contributed by atoms with Gasteiger partial charge in [0.1, 0.15) is 11.4 Å². The van der Waals surface area contributed by atoms with Crippen LogP contribution in [0.2, 0.25) is 0 Å². The quantitative estimate of drug-likeness (QED) is 0.829. The normalized spacial score (nSPS) is 15.9. The molecule has 0 amide bonds. The molecule has 0 atom stereocenters. The molecule has 6 nitrogen and oxygen atoms in total. The van der Waals surface area contributed by atoms with Crippen LogP contribution < -0.4 is 4.72 Å². The number of aromatic carboxylic acids is 1. The molecule has 1 heterocycles. The summed E-state index contributed by atoms with van der Waals surface area (Å²) < 4.78 is 41.5. The maximum Gasteiger partial charge on any atom is 0.340 e. The average molecular weight is 314 g/mol. The number of carboxylic acid groups (broad SMARTS) is 1. The summed E-state index contributed by atoms with van der Waals surface area (Å²) in [6, 6.07) is 2.34. The van der Waals surface area contributed by atoms with Crippen LogP contribution in [0.4, 0.5) is 10.1 Å². The minimum Gasteiger partial charge on any atom is -0.478 e. The fourth-order valence-electron chi connectivity index (χ4n) is 2.08. The Bertz CT molecular complexity index is 700. The molecule has 1 aliphatic rings. The second-order valence-corrected chi connectivity index (χ2v) is 6.37. The number of aryl methyl sites for hydroxylation is 1. The highest BCUT2D eigenvalue weighted by atomic mass is 32.2. The van der Waals surface area contributed by atoms with E-state index in [0.29, 0.717) is 18.5 Å². The highest BCUT2D eigenvalue weighted by Crippen LogP contribution is 2.23. The number of carboxylic acids is 1. The molecule has 21 heavy (non-hydrogen) atoms. The third kappa shape index (κ3) is 3.40. The van der Waals surface area contributed by atoms with E-state index in [1.165, 1.54) is 10.4 Å². The Hall–Kier alpha value is -1.93. The molecule has 0 saturated carbocycles. The fraction of sp³-hybridized carbons (Fsp3) is 0.308. The number of hydrogen-bond acceptors (Lipinski definition) is 3. The van der Waals surface area contributed by atoms with E-state index in [9.17, 15) is 17.6 Å². The smallest absolute Gasteiger partial charge is 0.340 e. The van der Waals surface area contributed by atoms with E-state index in [4.69, 9.17) is 5.11 Å². The molecule has 0 aromatic heterocycles. The standard InChI is InChI=1S/C13H15FN2O4S/c1-9-7-10(14)12(13(17)18)11(8-9)15-21(19,20)16-5-3-2-4-6-16/h2-3,7-8,15H,4-6H2,1H3,(H,17,18). The summed E-state index contributed by atoms with van der Waals surface area (Å²) >= 11 is 0. The molecule has 0 saturated heterocycles. The highest BCUT2D eigenvalue weighted by Gasteiger charge is 2.25.